The number of nitrogens with zero attached hydrogens (tertiary/aromatic N) is 2. The summed E-state index contributed by atoms with van der Waals surface area (Å²) in [6.07, 6.45) is 0.245. The molecule has 0 unspecified atom stereocenters. The zero-order valence-electron chi connectivity index (χ0n) is 15.7. The maximum Gasteiger partial charge on any atom is 0.347 e. The number of carbonyl (C=O) groups is 1. The van der Waals surface area contributed by atoms with Gasteiger partial charge in [0, 0.05) is 10.9 Å². The van der Waals surface area contributed by atoms with Crippen LogP contribution in [0.25, 0.3) is 10.6 Å². The first-order valence-electron chi connectivity index (χ1n) is 8.96. The molecule has 3 rings (SSSR count). The summed E-state index contributed by atoms with van der Waals surface area (Å²) < 4.78 is 10.9. The molecule has 0 saturated carbocycles. The molecule has 0 amide bonds. The van der Waals surface area contributed by atoms with E-state index < -0.39 is 12.1 Å². The van der Waals surface area contributed by atoms with Crippen LogP contribution in [-0.2, 0) is 22.6 Å². The van der Waals surface area contributed by atoms with Gasteiger partial charge in [-0.05, 0) is 43.2 Å². The van der Waals surface area contributed by atoms with Gasteiger partial charge in [0.05, 0.1) is 17.3 Å². The molecule has 0 aliphatic carbocycles. The predicted octanol–water partition coefficient (Wildman–Crippen LogP) is 4.75. The van der Waals surface area contributed by atoms with Gasteiger partial charge in [-0.3, -0.25) is 0 Å². The predicted molar refractivity (Wildman–Crippen MR) is 108 cm³/mol. The molecule has 5 nitrogen and oxygen atoms in total. The Hall–Kier alpha value is -3.17. The minimum Gasteiger partial charge on any atom is -0.479 e. The number of aryl methyl sites for hydroxylation is 1. The van der Waals surface area contributed by atoms with Crippen LogP contribution in [0.2, 0.25) is 0 Å². The Morgan fingerprint density at radius 2 is 1.89 bits per heavy atom. The van der Waals surface area contributed by atoms with E-state index in [1.165, 1.54) is 16.9 Å². The molecule has 0 aliphatic rings. The lowest BCUT2D eigenvalue weighted by atomic mass is 10.1. The summed E-state index contributed by atoms with van der Waals surface area (Å²) in [5.74, 6) is 0.0427. The number of ether oxygens (including phenoxy) is 2. The first-order valence-corrected chi connectivity index (χ1v) is 9.84. The lowest BCUT2D eigenvalue weighted by molar-refractivity contribution is -0.152. The summed E-state index contributed by atoms with van der Waals surface area (Å²) in [5, 5.41) is 11.6. The molecule has 0 bridgehead atoms. The molecule has 6 heteroatoms. The Balaban J connectivity index is 1.53. The van der Waals surface area contributed by atoms with Gasteiger partial charge in [0.15, 0.2) is 6.10 Å². The first kappa shape index (κ1) is 19.6. The Morgan fingerprint density at radius 1 is 1.18 bits per heavy atom. The van der Waals surface area contributed by atoms with Crippen molar-refractivity contribution in [3.05, 3.63) is 70.7 Å². The average molecular weight is 392 g/mol. The van der Waals surface area contributed by atoms with Gasteiger partial charge in [0.1, 0.15) is 17.4 Å². The highest BCUT2D eigenvalue weighted by Gasteiger charge is 2.17. The van der Waals surface area contributed by atoms with Crippen molar-refractivity contribution in [2.75, 3.05) is 0 Å². The van der Waals surface area contributed by atoms with Crippen molar-refractivity contribution in [2.24, 2.45) is 0 Å². The van der Waals surface area contributed by atoms with Crippen molar-refractivity contribution in [3.63, 3.8) is 0 Å². The fourth-order valence-electron chi connectivity index (χ4n) is 2.51. The molecule has 1 heterocycles. The Kier molecular flexibility index (Phi) is 6.41. The third-order valence-electron chi connectivity index (χ3n) is 4.15. The molecule has 2 aromatic carbocycles. The van der Waals surface area contributed by atoms with E-state index in [4.69, 9.17) is 14.7 Å². The SMILES string of the molecule is CCc1ccc(-c2nc(COC(=O)[C@@H](C)Oc3ccc(C#N)cc3)cs2)cc1. The molecule has 142 valence electrons. The first-order chi connectivity index (χ1) is 13.6. The normalized spacial score (nSPS) is 11.5. The number of aromatic nitrogens is 1. The number of esters is 1. The van der Waals surface area contributed by atoms with Crippen LogP contribution in [0.3, 0.4) is 0 Å². The van der Waals surface area contributed by atoms with E-state index in [0.717, 1.165) is 17.0 Å². The number of benzene rings is 2. The maximum atomic E-state index is 12.2. The molecular weight excluding hydrogens is 372 g/mol. The number of rotatable bonds is 7. The standard InChI is InChI=1S/C22H20N2O3S/c1-3-16-4-8-18(9-5-16)21-24-19(14-28-21)13-26-22(25)15(2)27-20-10-6-17(12-23)7-11-20/h4-11,14-15H,3,13H2,1-2H3/t15-/m1/s1. The molecule has 0 N–H and O–H groups in total. The lowest BCUT2D eigenvalue weighted by Gasteiger charge is -2.13. The van der Waals surface area contributed by atoms with Crippen LogP contribution in [0, 0.1) is 11.3 Å². The van der Waals surface area contributed by atoms with Crippen molar-refractivity contribution in [1.82, 2.24) is 4.98 Å². The summed E-state index contributed by atoms with van der Waals surface area (Å²) in [4.78, 5) is 16.7. The van der Waals surface area contributed by atoms with Gasteiger partial charge >= 0.3 is 5.97 Å². The number of hydrogen-bond donors (Lipinski definition) is 0. The molecule has 28 heavy (non-hydrogen) atoms. The quantitative estimate of drug-likeness (QED) is 0.542. The number of hydrogen-bond acceptors (Lipinski definition) is 6. The summed E-state index contributed by atoms with van der Waals surface area (Å²) in [6, 6.07) is 16.9. The summed E-state index contributed by atoms with van der Waals surface area (Å²) in [6.45, 7) is 3.85. The van der Waals surface area contributed by atoms with Crippen molar-refractivity contribution in [1.29, 1.82) is 5.26 Å². The topological polar surface area (TPSA) is 72.2 Å². The van der Waals surface area contributed by atoms with Crippen LogP contribution >= 0.6 is 11.3 Å². The highest BCUT2D eigenvalue weighted by Crippen LogP contribution is 2.24. The van der Waals surface area contributed by atoms with E-state index in [2.05, 4.69) is 36.2 Å². The van der Waals surface area contributed by atoms with Gasteiger partial charge in [-0.15, -0.1) is 11.3 Å². The van der Waals surface area contributed by atoms with Gasteiger partial charge < -0.3 is 9.47 Å². The molecule has 0 radical (unpaired) electrons. The minimum atomic E-state index is -0.757. The Morgan fingerprint density at radius 3 is 2.54 bits per heavy atom. The van der Waals surface area contributed by atoms with E-state index in [0.29, 0.717) is 17.0 Å². The smallest absolute Gasteiger partial charge is 0.347 e. The monoisotopic (exact) mass is 392 g/mol. The number of thiazole rings is 1. The van der Waals surface area contributed by atoms with E-state index in [1.54, 1.807) is 31.2 Å². The Bertz CT molecular complexity index is 972. The minimum absolute atomic E-state index is 0.101. The van der Waals surface area contributed by atoms with Gasteiger partial charge in [-0.1, -0.05) is 31.2 Å². The average Bonchev–Trinajstić information content (AvgIpc) is 3.21. The van der Waals surface area contributed by atoms with Crippen LogP contribution in [-0.4, -0.2) is 17.1 Å². The van der Waals surface area contributed by atoms with E-state index in [-0.39, 0.29) is 6.61 Å². The van der Waals surface area contributed by atoms with Gasteiger partial charge in [0.25, 0.3) is 0 Å². The van der Waals surface area contributed by atoms with E-state index in [9.17, 15) is 4.79 Å². The molecule has 1 aromatic heterocycles. The van der Waals surface area contributed by atoms with Crippen LogP contribution in [0.4, 0.5) is 0 Å². The fraction of sp³-hybridized carbons (Fsp3) is 0.227. The van der Waals surface area contributed by atoms with Crippen LogP contribution in [0.15, 0.2) is 53.9 Å². The second-order valence-electron chi connectivity index (χ2n) is 6.20. The third-order valence-corrected chi connectivity index (χ3v) is 5.09. The summed E-state index contributed by atoms with van der Waals surface area (Å²) >= 11 is 1.52. The maximum absolute atomic E-state index is 12.2. The zero-order valence-corrected chi connectivity index (χ0v) is 16.5. The van der Waals surface area contributed by atoms with Crippen molar-refractivity contribution < 1.29 is 14.3 Å². The third kappa shape index (κ3) is 4.96. The molecule has 0 spiro atoms. The Labute approximate surface area is 168 Å². The van der Waals surface area contributed by atoms with E-state index in [1.807, 2.05) is 11.4 Å². The van der Waals surface area contributed by atoms with Crippen molar-refractivity contribution >= 4 is 17.3 Å². The van der Waals surface area contributed by atoms with Crippen molar-refractivity contribution in [2.45, 2.75) is 33.0 Å². The highest BCUT2D eigenvalue weighted by molar-refractivity contribution is 7.13. The zero-order chi connectivity index (χ0) is 19.9. The van der Waals surface area contributed by atoms with E-state index >= 15 is 0 Å². The molecule has 0 saturated heterocycles. The van der Waals surface area contributed by atoms with Gasteiger partial charge in [0.2, 0.25) is 0 Å². The second kappa shape index (κ2) is 9.16. The van der Waals surface area contributed by atoms with Crippen LogP contribution < -0.4 is 4.74 Å². The molecule has 0 aliphatic heterocycles. The van der Waals surface area contributed by atoms with Crippen LogP contribution in [0.1, 0.15) is 30.7 Å². The largest absolute Gasteiger partial charge is 0.479 e. The molecular formula is C22H20N2O3S. The lowest BCUT2D eigenvalue weighted by Crippen LogP contribution is -2.26. The fourth-order valence-corrected chi connectivity index (χ4v) is 3.32. The molecule has 0 fully saturated rings. The number of nitriles is 1. The van der Waals surface area contributed by atoms with Crippen molar-refractivity contribution in [3.8, 4) is 22.4 Å². The second-order valence-corrected chi connectivity index (χ2v) is 7.06. The summed E-state index contributed by atoms with van der Waals surface area (Å²) in [5.41, 5.74) is 3.58. The number of carbonyl (C=O) groups excluding carboxylic acids is 1. The highest BCUT2D eigenvalue weighted by atomic mass is 32.1. The van der Waals surface area contributed by atoms with Gasteiger partial charge in [-0.25, -0.2) is 9.78 Å². The van der Waals surface area contributed by atoms with Crippen LogP contribution in [0.5, 0.6) is 5.75 Å². The van der Waals surface area contributed by atoms with Gasteiger partial charge in [-0.2, -0.15) is 5.26 Å². The molecule has 1 atom stereocenters. The summed E-state index contributed by atoms with van der Waals surface area (Å²) in [7, 11) is 0. The molecule has 3 aromatic rings.